The highest BCUT2D eigenvalue weighted by molar-refractivity contribution is 7.86. The number of ether oxygens (including phenoxy) is 1. The van der Waals surface area contributed by atoms with E-state index in [0.29, 0.717) is 16.7 Å². The normalized spacial score (nSPS) is 22.9. The Morgan fingerprint density at radius 3 is 1.54 bits per heavy atom. The first-order valence-electron chi connectivity index (χ1n) is 10.2. The summed E-state index contributed by atoms with van der Waals surface area (Å²) in [5.41, 5.74) is -4.58. The molecule has 0 aliphatic heterocycles. The zero-order valence-corrected chi connectivity index (χ0v) is 18.3. The fraction of sp³-hybridized carbons (Fsp3) is 0.208. The van der Waals surface area contributed by atoms with Crippen molar-refractivity contribution in [1.82, 2.24) is 0 Å². The van der Waals surface area contributed by atoms with Gasteiger partial charge in [-0.05, 0) is 33.4 Å². The molecule has 0 aromatic heterocycles. The van der Waals surface area contributed by atoms with Crippen molar-refractivity contribution in [1.29, 1.82) is 0 Å². The Morgan fingerprint density at radius 2 is 1.20 bits per heavy atom. The van der Waals surface area contributed by atoms with E-state index in [2.05, 4.69) is 4.74 Å². The van der Waals surface area contributed by atoms with E-state index in [4.69, 9.17) is 4.55 Å². The smallest absolute Gasteiger partial charge is 0.415 e. The van der Waals surface area contributed by atoms with Crippen LogP contribution < -0.4 is 0 Å². The highest BCUT2D eigenvalue weighted by Gasteiger charge is 2.71. The van der Waals surface area contributed by atoms with Gasteiger partial charge in [0.2, 0.25) is 0 Å². The number of rotatable bonds is 4. The van der Waals surface area contributed by atoms with Crippen molar-refractivity contribution in [3.05, 3.63) is 106 Å². The lowest BCUT2D eigenvalue weighted by molar-refractivity contribution is -0.331. The molecule has 182 valence electrons. The Balaban J connectivity index is 1.81. The van der Waals surface area contributed by atoms with Gasteiger partial charge >= 0.3 is 33.6 Å². The third-order valence-corrected chi connectivity index (χ3v) is 7.34. The van der Waals surface area contributed by atoms with Crippen LogP contribution in [-0.2, 0) is 25.1 Å². The molecule has 3 aliphatic carbocycles. The van der Waals surface area contributed by atoms with Gasteiger partial charge in [-0.15, -0.1) is 0 Å². The van der Waals surface area contributed by atoms with Gasteiger partial charge in [0.05, 0.1) is 0 Å². The largest absolute Gasteiger partial charge is 0.464 e. The lowest BCUT2D eigenvalue weighted by Crippen LogP contribution is -2.58. The average Bonchev–Trinajstić information content (AvgIpc) is 2.81. The van der Waals surface area contributed by atoms with E-state index in [9.17, 15) is 30.8 Å². The van der Waals surface area contributed by atoms with E-state index in [1.165, 1.54) is 36.4 Å². The molecule has 0 amide bonds. The van der Waals surface area contributed by atoms with Crippen molar-refractivity contribution in [2.24, 2.45) is 0 Å². The summed E-state index contributed by atoms with van der Waals surface area (Å²) in [5, 5.41) is 0. The summed E-state index contributed by atoms with van der Waals surface area (Å²) in [5.74, 6) is -7.95. The second kappa shape index (κ2) is 7.34. The highest BCUT2D eigenvalue weighted by atomic mass is 32.2. The number of halogens is 5. The molecule has 11 heteroatoms. The first-order valence-corrected chi connectivity index (χ1v) is 11.7. The Labute approximate surface area is 195 Å². The van der Waals surface area contributed by atoms with Crippen molar-refractivity contribution >= 4 is 16.1 Å². The minimum Gasteiger partial charge on any atom is -0.415 e. The average molecular weight is 510 g/mol. The number of esters is 1. The molecule has 2 bridgehead atoms. The van der Waals surface area contributed by atoms with Gasteiger partial charge in [0.15, 0.2) is 0 Å². The Bertz CT molecular complexity index is 1350. The molecular weight excluding hydrogens is 495 g/mol. The van der Waals surface area contributed by atoms with Gasteiger partial charge in [-0.2, -0.15) is 26.0 Å². The van der Waals surface area contributed by atoms with Crippen LogP contribution in [0.5, 0.6) is 0 Å². The third-order valence-electron chi connectivity index (χ3n) is 6.51. The summed E-state index contributed by atoms with van der Waals surface area (Å²) < 4.78 is 106. The van der Waals surface area contributed by atoms with Crippen LogP contribution in [-0.4, -0.2) is 36.5 Å². The van der Waals surface area contributed by atoms with Crippen molar-refractivity contribution in [2.45, 2.75) is 28.9 Å². The fourth-order valence-corrected chi connectivity index (χ4v) is 5.74. The zero-order valence-electron chi connectivity index (χ0n) is 17.5. The van der Waals surface area contributed by atoms with Crippen LogP contribution >= 0.6 is 0 Å². The van der Waals surface area contributed by atoms with Gasteiger partial charge in [-0.25, -0.2) is 4.39 Å². The van der Waals surface area contributed by atoms with Crippen LogP contribution in [0.15, 0.2) is 72.8 Å². The van der Waals surface area contributed by atoms with Crippen molar-refractivity contribution in [2.75, 3.05) is 0 Å². The van der Waals surface area contributed by atoms with Crippen LogP contribution in [0, 0.1) is 0 Å². The first kappa shape index (κ1) is 23.4. The summed E-state index contributed by atoms with van der Waals surface area (Å²) in [4.78, 5) is 13.8. The molecule has 0 radical (unpaired) electrons. The summed E-state index contributed by atoms with van der Waals surface area (Å²) in [6, 6.07) is 19.0. The lowest BCUT2D eigenvalue weighted by atomic mass is 9.53. The van der Waals surface area contributed by atoms with Crippen LogP contribution in [0.1, 0.15) is 39.3 Å². The Kier molecular flexibility index (Phi) is 4.92. The van der Waals surface area contributed by atoms with Crippen LogP contribution in [0.2, 0.25) is 0 Å². The second-order valence-corrected chi connectivity index (χ2v) is 9.75. The summed E-state index contributed by atoms with van der Waals surface area (Å²) >= 11 is 0. The minimum absolute atomic E-state index is 0.194. The van der Waals surface area contributed by atoms with Crippen molar-refractivity contribution < 1.29 is 44.5 Å². The molecule has 6 rings (SSSR count). The number of hydrogen-bond donors (Lipinski definition) is 1. The minimum atomic E-state index is -6.33. The maximum atomic E-state index is 15.2. The summed E-state index contributed by atoms with van der Waals surface area (Å²) in [6.07, 6.45) is -6.33. The van der Waals surface area contributed by atoms with Crippen molar-refractivity contribution in [3.63, 3.8) is 0 Å². The molecule has 0 heterocycles. The molecule has 2 unspecified atom stereocenters. The Hall–Kier alpha value is -3.31. The van der Waals surface area contributed by atoms with E-state index < -0.39 is 45.0 Å². The first-order chi connectivity index (χ1) is 16.3. The molecule has 0 saturated carbocycles. The molecule has 0 saturated heterocycles. The SMILES string of the molecule is O=C(OC(F)(C(F)S(=O)(=O)O)C(F)(F)F)C12c3ccccc3C(c3ccccc31)c1ccccc12. The van der Waals surface area contributed by atoms with E-state index in [1.54, 1.807) is 36.4 Å². The summed E-state index contributed by atoms with van der Waals surface area (Å²) in [7, 11) is -6.26. The van der Waals surface area contributed by atoms with E-state index in [0.717, 1.165) is 0 Å². The third kappa shape index (κ3) is 3.00. The molecule has 3 aromatic rings. The monoisotopic (exact) mass is 510 g/mol. The standard InChI is InChI=1S/C24H15F5O5S/c25-20(35(31,32)33)23(26,24(27,28)29)34-21(30)22-16-10-4-1-7-13(16)19(14-8-2-5-11-17(14)22)15-9-3-6-12-18(15)22/h1-12,19-20H,(H,31,32,33). The number of carbonyl (C=O) groups is 1. The molecule has 3 aromatic carbocycles. The topological polar surface area (TPSA) is 80.7 Å². The van der Waals surface area contributed by atoms with Gasteiger partial charge in [-0.3, -0.25) is 9.35 Å². The van der Waals surface area contributed by atoms with Crippen LogP contribution in [0.3, 0.4) is 0 Å². The highest BCUT2D eigenvalue weighted by Crippen LogP contribution is 2.60. The quantitative estimate of drug-likeness (QED) is 0.310. The number of carbonyl (C=O) groups excluding carboxylic acids is 1. The molecule has 0 spiro atoms. The molecule has 5 nitrogen and oxygen atoms in total. The molecule has 3 aliphatic rings. The number of hydrogen-bond acceptors (Lipinski definition) is 4. The van der Waals surface area contributed by atoms with E-state index in [-0.39, 0.29) is 16.7 Å². The molecule has 0 fully saturated rings. The lowest BCUT2D eigenvalue weighted by Gasteiger charge is -2.49. The van der Waals surface area contributed by atoms with Gasteiger partial charge in [-0.1, -0.05) is 72.8 Å². The van der Waals surface area contributed by atoms with Gasteiger partial charge in [0, 0.05) is 5.92 Å². The van der Waals surface area contributed by atoms with Crippen LogP contribution in [0.4, 0.5) is 22.0 Å². The fourth-order valence-electron chi connectivity index (χ4n) is 5.17. The second-order valence-electron chi connectivity index (χ2n) is 8.31. The summed E-state index contributed by atoms with van der Waals surface area (Å²) in [6.45, 7) is 0. The number of alkyl halides is 5. The van der Waals surface area contributed by atoms with Gasteiger partial charge < -0.3 is 4.74 Å². The number of benzene rings is 3. The maximum absolute atomic E-state index is 15.2. The van der Waals surface area contributed by atoms with E-state index in [1.807, 2.05) is 0 Å². The molecular formula is C24H15F5O5S. The van der Waals surface area contributed by atoms with E-state index >= 15 is 4.39 Å². The van der Waals surface area contributed by atoms with Gasteiger partial charge in [0.1, 0.15) is 5.41 Å². The predicted octanol–water partition coefficient (Wildman–Crippen LogP) is 4.78. The van der Waals surface area contributed by atoms with Gasteiger partial charge in [0.25, 0.3) is 0 Å². The Morgan fingerprint density at radius 1 is 0.829 bits per heavy atom. The molecule has 1 N–H and O–H groups in total. The maximum Gasteiger partial charge on any atom is 0.464 e. The zero-order chi connectivity index (χ0) is 25.4. The van der Waals surface area contributed by atoms with Crippen LogP contribution in [0.25, 0.3) is 0 Å². The molecule has 2 atom stereocenters. The molecule has 35 heavy (non-hydrogen) atoms. The predicted molar refractivity (Wildman–Crippen MR) is 113 cm³/mol. The van der Waals surface area contributed by atoms with Crippen molar-refractivity contribution in [3.8, 4) is 0 Å².